The number of para-hydroxylation sites is 1. The molecule has 1 saturated carbocycles. The van der Waals surface area contributed by atoms with Gasteiger partial charge in [0.1, 0.15) is 0 Å². The van der Waals surface area contributed by atoms with E-state index >= 15 is 0 Å². The Hall–Kier alpha value is -2.34. The molecule has 2 bridgehead atoms. The van der Waals surface area contributed by atoms with Gasteiger partial charge in [0.2, 0.25) is 0 Å². The lowest BCUT2D eigenvalue weighted by Gasteiger charge is -2.43. The van der Waals surface area contributed by atoms with E-state index in [1.807, 2.05) is 43.9 Å². The van der Waals surface area contributed by atoms with E-state index in [1.165, 1.54) is 10.9 Å². The highest BCUT2D eigenvalue weighted by Crippen LogP contribution is 2.66. The summed E-state index contributed by atoms with van der Waals surface area (Å²) in [4.78, 5) is 31.9. The van der Waals surface area contributed by atoms with Crippen molar-refractivity contribution in [2.24, 2.45) is 10.8 Å². The Labute approximate surface area is 170 Å². The maximum atomic E-state index is 13.9. The van der Waals surface area contributed by atoms with Crippen LogP contribution in [0.5, 0.6) is 0 Å². The van der Waals surface area contributed by atoms with Crippen LogP contribution in [0.4, 0.5) is 0 Å². The number of amides is 1. The Kier molecular flexibility index (Phi) is 3.77. The van der Waals surface area contributed by atoms with Crippen LogP contribution in [0.15, 0.2) is 24.3 Å². The summed E-state index contributed by atoms with van der Waals surface area (Å²) in [5, 5.41) is 10.9. The highest BCUT2D eigenvalue weighted by molar-refractivity contribution is 5.97. The smallest absolute Gasteiger partial charge is 0.313 e. The number of aromatic nitrogens is 1. The van der Waals surface area contributed by atoms with Gasteiger partial charge in [-0.15, -0.1) is 0 Å². The lowest BCUT2D eigenvalue weighted by Crippen LogP contribution is -2.57. The second kappa shape index (κ2) is 5.85. The van der Waals surface area contributed by atoms with Gasteiger partial charge in [-0.25, -0.2) is 0 Å². The number of aliphatic hydroxyl groups is 1. The van der Waals surface area contributed by atoms with Crippen molar-refractivity contribution >= 4 is 22.8 Å². The van der Waals surface area contributed by atoms with Crippen LogP contribution in [0.1, 0.15) is 57.3 Å². The number of aliphatic hydroxyl groups excluding tert-OH is 1. The Morgan fingerprint density at radius 2 is 2.03 bits per heavy atom. The van der Waals surface area contributed by atoms with E-state index in [2.05, 4.69) is 11.1 Å². The predicted molar refractivity (Wildman–Crippen MR) is 108 cm³/mol. The molecular weight excluding hydrogens is 368 g/mol. The normalized spacial score (nSPS) is 32.5. The van der Waals surface area contributed by atoms with E-state index in [-0.39, 0.29) is 24.5 Å². The first kappa shape index (κ1) is 18.7. The number of aromatic amines is 1. The first-order valence-electron chi connectivity index (χ1n) is 10.5. The van der Waals surface area contributed by atoms with Crippen LogP contribution in [0.2, 0.25) is 0 Å². The van der Waals surface area contributed by atoms with E-state index < -0.39 is 16.4 Å². The molecule has 29 heavy (non-hydrogen) atoms. The molecule has 1 aliphatic carbocycles. The highest BCUT2D eigenvalue weighted by Gasteiger charge is 2.76. The molecular formula is C23H28N2O4. The molecule has 6 nitrogen and oxygen atoms in total. The quantitative estimate of drug-likeness (QED) is 0.781. The Bertz CT molecular complexity index is 1030. The molecule has 3 atom stereocenters. The maximum Gasteiger partial charge on any atom is 0.313 e. The zero-order chi connectivity index (χ0) is 20.6. The number of ether oxygens (including phenoxy) is 1. The van der Waals surface area contributed by atoms with Crippen LogP contribution in [0, 0.1) is 10.8 Å². The van der Waals surface area contributed by atoms with Crippen molar-refractivity contribution in [1.29, 1.82) is 0 Å². The van der Waals surface area contributed by atoms with E-state index in [0.717, 1.165) is 17.6 Å². The molecule has 154 valence electrons. The lowest BCUT2D eigenvalue weighted by atomic mass is 9.66. The van der Waals surface area contributed by atoms with Gasteiger partial charge in [-0.3, -0.25) is 9.59 Å². The summed E-state index contributed by atoms with van der Waals surface area (Å²) in [7, 11) is 0. The van der Waals surface area contributed by atoms with Crippen LogP contribution in [0.3, 0.4) is 0 Å². The first-order valence-corrected chi connectivity index (χ1v) is 10.5. The summed E-state index contributed by atoms with van der Waals surface area (Å²) in [5.41, 5.74) is 0.957. The van der Waals surface area contributed by atoms with Crippen LogP contribution < -0.4 is 0 Å². The molecule has 1 amide bonds. The van der Waals surface area contributed by atoms with Gasteiger partial charge >= 0.3 is 5.97 Å². The third kappa shape index (κ3) is 2.10. The van der Waals surface area contributed by atoms with Crippen LogP contribution in [-0.4, -0.2) is 45.6 Å². The average Bonchev–Trinajstić information content (AvgIpc) is 3.22. The van der Waals surface area contributed by atoms with Gasteiger partial charge < -0.3 is 19.7 Å². The Balaban J connectivity index is 1.58. The minimum absolute atomic E-state index is 0.0167. The summed E-state index contributed by atoms with van der Waals surface area (Å²) < 4.78 is 5.85. The number of hydrogen-bond donors (Lipinski definition) is 2. The fourth-order valence-electron chi connectivity index (χ4n) is 5.94. The van der Waals surface area contributed by atoms with Crippen LogP contribution >= 0.6 is 0 Å². The fourth-order valence-corrected chi connectivity index (χ4v) is 5.94. The van der Waals surface area contributed by atoms with Crippen molar-refractivity contribution < 1.29 is 19.4 Å². The number of fused-ring (bicyclic) bond motifs is 5. The molecule has 0 radical (unpaired) electrons. The maximum absolute atomic E-state index is 13.9. The Morgan fingerprint density at radius 1 is 1.28 bits per heavy atom. The van der Waals surface area contributed by atoms with Gasteiger partial charge in [0.05, 0.1) is 11.5 Å². The van der Waals surface area contributed by atoms with Crippen molar-refractivity contribution in [3.63, 3.8) is 0 Å². The van der Waals surface area contributed by atoms with Gasteiger partial charge in [-0.1, -0.05) is 32.0 Å². The molecule has 0 unspecified atom stereocenters. The Morgan fingerprint density at radius 3 is 2.69 bits per heavy atom. The lowest BCUT2D eigenvalue weighted by molar-refractivity contribution is -0.176. The van der Waals surface area contributed by atoms with E-state index in [1.54, 1.807) is 0 Å². The molecule has 1 saturated heterocycles. The summed E-state index contributed by atoms with van der Waals surface area (Å²) >= 11 is 0. The van der Waals surface area contributed by atoms with E-state index in [0.29, 0.717) is 25.8 Å². The van der Waals surface area contributed by atoms with Crippen molar-refractivity contribution in [2.75, 3.05) is 13.2 Å². The molecule has 1 aromatic heterocycles. The van der Waals surface area contributed by atoms with Crippen molar-refractivity contribution in [1.82, 2.24) is 9.88 Å². The number of hydrogen-bond acceptors (Lipinski definition) is 4. The number of carbonyl (C=O) groups is 2. The summed E-state index contributed by atoms with van der Waals surface area (Å²) in [6.45, 7) is 6.44. The van der Waals surface area contributed by atoms with E-state index in [4.69, 9.17) is 4.74 Å². The van der Waals surface area contributed by atoms with Crippen molar-refractivity contribution in [2.45, 2.75) is 58.1 Å². The number of nitrogens with zero attached hydrogens (tertiary/aromatic N) is 1. The SMILES string of the molecule is CC1(C)[C@@]2(C)CC[C@]1(C(=O)N1CCc3c([nH]c4ccccc34)[C@@H]1CCO)OC2=O. The number of nitrogens with one attached hydrogen (secondary N) is 1. The van der Waals surface area contributed by atoms with Gasteiger partial charge in [0, 0.05) is 35.2 Å². The summed E-state index contributed by atoms with van der Waals surface area (Å²) in [6, 6.07) is 7.90. The molecule has 2 fully saturated rings. The molecule has 2 aromatic rings. The molecule has 2 aliphatic heterocycles. The van der Waals surface area contributed by atoms with Crippen molar-refractivity contribution in [3.05, 3.63) is 35.5 Å². The number of benzene rings is 1. The zero-order valence-corrected chi connectivity index (χ0v) is 17.2. The topological polar surface area (TPSA) is 82.6 Å². The standard InChI is InChI=1S/C23H28N2O4/c1-21(2)22(3)10-11-23(21,29-20(22)28)19(27)25-12-8-15-14-6-4-5-7-16(14)24-18(15)17(25)9-13-26/h4-7,17,24,26H,8-13H2,1-3H3/t17-,22-,23+/m0/s1. The van der Waals surface area contributed by atoms with Crippen LogP contribution in [0.25, 0.3) is 10.9 Å². The summed E-state index contributed by atoms with van der Waals surface area (Å²) in [6.07, 6.45) is 2.42. The zero-order valence-electron chi connectivity index (χ0n) is 17.2. The minimum Gasteiger partial charge on any atom is -0.448 e. The van der Waals surface area contributed by atoms with E-state index in [9.17, 15) is 14.7 Å². The van der Waals surface area contributed by atoms with Crippen LogP contribution in [-0.2, 0) is 20.7 Å². The molecule has 5 rings (SSSR count). The average molecular weight is 396 g/mol. The number of esters is 1. The van der Waals surface area contributed by atoms with Crippen molar-refractivity contribution in [3.8, 4) is 0 Å². The predicted octanol–water partition coefficient (Wildman–Crippen LogP) is 3.10. The monoisotopic (exact) mass is 396 g/mol. The molecule has 6 heteroatoms. The minimum atomic E-state index is -1.12. The molecule has 3 aliphatic rings. The largest absolute Gasteiger partial charge is 0.448 e. The van der Waals surface area contributed by atoms with Gasteiger partial charge in [-0.05, 0) is 44.2 Å². The van der Waals surface area contributed by atoms with Gasteiger partial charge in [0.25, 0.3) is 5.91 Å². The second-order valence-electron chi connectivity index (χ2n) is 9.51. The molecule has 0 spiro atoms. The molecule has 2 N–H and O–H groups in total. The van der Waals surface area contributed by atoms with Gasteiger partial charge in [-0.2, -0.15) is 0 Å². The highest BCUT2D eigenvalue weighted by atomic mass is 16.6. The second-order valence-corrected chi connectivity index (χ2v) is 9.51. The number of rotatable bonds is 3. The fraction of sp³-hybridized carbons (Fsp3) is 0.565. The third-order valence-electron chi connectivity index (χ3n) is 8.25. The number of carbonyl (C=O) groups excluding carboxylic acids is 2. The third-order valence-corrected chi connectivity index (χ3v) is 8.25. The first-order chi connectivity index (χ1) is 13.8. The summed E-state index contributed by atoms with van der Waals surface area (Å²) in [5.74, 6) is -0.371. The molecule has 1 aromatic carbocycles. The van der Waals surface area contributed by atoms with Gasteiger partial charge in [0.15, 0.2) is 5.60 Å². The number of H-pyrrole nitrogens is 1. The molecule has 3 heterocycles.